The predicted octanol–water partition coefficient (Wildman–Crippen LogP) is 3.94. The molecule has 7 heteroatoms. The van der Waals surface area contributed by atoms with Crippen LogP contribution in [-0.2, 0) is 11.2 Å². The fourth-order valence-corrected chi connectivity index (χ4v) is 2.64. The van der Waals surface area contributed by atoms with Crippen molar-refractivity contribution in [3.8, 4) is 17.2 Å². The largest absolute Gasteiger partial charge is 0.493 e. The zero-order chi connectivity index (χ0) is 21.4. The van der Waals surface area contributed by atoms with E-state index >= 15 is 0 Å². The van der Waals surface area contributed by atoms with Gasteiger partial charge in [-0.15, -0.1) is 12.4 Å². The molecule has 0 heterocycles. The maximum Gasteiger partial charge on any atom is 0.316 e. The molecule has 1 unspecified atom stereocenters. The van der Waals surface area contributed by atoms with E-state index in [1.165, 1.54) is 0 Å². The van der Waals surface area contributed by atoms with Gasteiger partial charge in [0.15, 0.2) is 11.5 Å². The molecule has 0 aliphatic heterocycles. The molecule has 0 fully saturated rings. The highest BCUT2D eigenvalue weighted by molar-refractivity contribution is 5.85. The van der Waals surface area contributed by atoms with E-state index in [0.29, 0.717) is 30.3 Å². The summed E-state index contributed by atoms with van der Waals surface area (Å²) < 4.78 is 15.9. The third kappa shape index (κ3) is 7.52. The molecule has 2 aromatic rings. The first kappa shape index (κ1) is 25.8. The number of ether oxygens (including phenoxy) is 3. The Morgan fingerprint density at radius 2 is 1.67 bits per heavy atom. The van der Waals surface area contributed by atoms with Crippen LogP contribution in [0.5, 0.6) is 17.2 Å². The molecule has 0 amide bonds. The second-order valence-electron chi connectivity index (χ2n) is 7.87. The van der Waals surface area contributed by atoms with Gasteiger partial charge >= 0.3 is 5.97 Å². The topological polar surface area (TPSA) is 77.0 Å². The number of carbonyl (C=O) groups excluding carboxylic acids is 1. The van der Waals surface area contributed by atoms with Crippen LogP contribution in [0, 0.1) is 5.41 Å². The quantitative estimate of drug-likeness (QED) is 0.351. The Morgan fingerprint density at radius 3 is 2.23 bits per heavy atom. The smallest absolute Gasteiger partial charge is 0.316 e. The molecule has 6 nitrogen and oxygen atoms in total. The highest BCUT2D eigenvalue weighted by Gasteiger charge is 2.23. The van der Waals surface area contributed by atoms with Gasteiger partial charge in [0.25, 0.3) is 0 Å². The van der Waals surface area contributed by atoms with Crippen molar-refractivity contribution in [1.29, 1.82) is 0 Å². The van der Waals surface area contributed by atoms with Crippen LogP contribution in [0.15, 0.2) is 42.5 Å². The van der Waals surface area contributed by atoms with Crippen LogP contribution in [0.4, 0.5) is 0 Å². The molecule has 0 aromatic heterocycles. The average Bonchev–Trinajstić information content (AvgIpc) is 2.70. The van der Waals surface area contributed by atoms with Crippen LogP contribution in [0.25, 0.3) is 0 Å². The Labute approximate surface area is 185 Å². The Hall–Kier alpha value is -2.28. The molecular weight excluding hydrogens is 406 g/mol. The van der Waals surface area contributed by atoms with Crippen LogP contribution >= 0.6 is 12.4 Å². The lowest BCUT2D eigenvalue weighted by Crippen LogP contribution is -2.25. The normalized spacial score (nSPS) is 11.9. The summed E-state index contributed by atoms with van der Waals surface area (Å²) in [6.45, 7) is 6.56. The maximum atomic E-state index is 11.9. The molecule has 2 aromatic carbocycles. The molecular formula is C23H32ClNO5. The molecule has 30 heavy (non-hydrogen) atoms. The van der Waals surface area contributed by atoms with E-state index in [0.717, 1.165) is 17.5 Å². The Morgan fingerprint density at radius 1 is 1.03 bits per heavy atom. The molecule has 0 aliphatic carbocycles. The Balaban J connectivity index is 0.00000450. The number of nitrogens with one attached hydrogen (secondary N) is 1. The van der Waals surface area contributed by atoms with Gasteiger partial charge in [-0.3, -0.25) is 4.79 Å². The van der Waals surface area contributed by atoms with Crippen LogP contribution in [0.1, 0.15) is 38.0 Å². The van der Waals surface area contributed by atoms with Gasteiger partial charge in [-0.05, 0) is 69.1 Å². The lowest BCUT2D eigenvalue weighted by Gasteiger charge is -2.17. The summed E-state index contributed by atoms with van der Waals surface area (Å²) in [6, 6.07) is 12.8. The van der Waals surface area contributed by atoms with Crippen molar-refractivity contribution in [2.75, 3.05) is 27.3 Å². The fourth-order valence-electron chi connectivity index (χ4n) is 2.64. The summed E-state index contributed by atoms with van der Waals surface area (Å²) >= 11 is 0. The van der Waals surface area contributed by atoms with E-state index in [1.54, 1.807) is 59.3 Å². The molecule has 0 saturated heterocycles. The van der Waals surface area contributed by atoms with E-state index in [1.807, 2.05) is 18.2 Å². The zero-order valence-corrected chi connectivity index (χ0v) is 19.0. The molecule has 2 N–H and O–H groups in total. The van der Waals surface area contributed by atoms with E-state index < -0.39 is 11.5 Å². The molecule has 166 valence electrons. The van der Waals surface area contributed by atoms with Crippen molar-refractivity contribution in [3.05, 3.63) is 53.6 Å². The lowest BCUT2D eigenvalue weighted by molar-refractivity contribution is -0.142. The summed E-state index contributed by atoms with van der Waals surface area (Å²) in [4.78, 5) is 11.9. The lowest BCUT2D eigenvalue weighted by atomic mass is 9.97. The number of esters is 1. The van der Waals surface area contributed by atoms with E-state index in [9.17, 15) is 9.90 Å². The van der Waals surface area contributed by atoms with Gasteiger partial charge in [0.1, 0.15) is 5.75 Å². The van der Waals surface area contributed by atoms with Crippen LogP contribution < -0.4 is 19.5 Å². The molecule has 2 rings (SSSR count). The maximum absolute atomic E-state index is 11.9. The minimum atomic E-state index is -0.646. The van der Waals surface area contributed by atoms with E-state index in [4.69, 9.17) is 14.2 Å². The second kappa shape index (κ2) is 11.8. The number of hydrogen-bond acceptors (Lipinski definition) is 6. The van der Waals surface area contributed by atoms with Gasteiger partial charge in [0.2, 0.25) is 0 Å². The Kier molecular flexibility index (Phi) is 10.1. The first-order chi connectivity index (χ1) is 13.7. The second-order valence-corrected chi connectivity index (χ2v) is 7.87. The highest BCUT2D eigenvalue weighted by atomic mass is 35.5. The summed E-state index contributed by atoms with van der Waals surface area (Å²) in [6.07, 6.45) is 0.155. The minimum absolute atomic E-state index is 0. The number of carbonyl (C=O) groups is 1. The average molecular weight is 438 g/mol. The number of aliphatic hydroxyl groups excluding tert-OH is 1. The summed E-state index contributed by atoms with van der Waals surface area (Å²) in [5, 5.41) is 13.6. The Bertz CT molecular complexity index is 802. The number of halogens is 1. The van der Waals surface area contributed by atoms with Gasteiger partial charge in [-0.2, -0.15) is 0 Å². The predicted molar refractivity (Wildman–Crippen MR) is 120 cm³/mol. The third-order valence-corrected chi connectivity index (χ3v) is 4.46. The number of hydrogen-bond donors (Lipinski definition) is 2. The summed E-state index contributed by atoms with van der Waals surface area (Å²) in [5.41, 5.74) is 1.32. The van der Waals surface area contributed by atoms with Gasteiger partial charge in [-0.1, -0.05) is 18.2 Å². The first-order valence-corrected chi connectivity index (χ1v) is 9.66. The highest BCUT2D eigenvalue weighted by Crippen LogP contribution is 2.27. The van der Waals surface area contributed by atoms with E-state index in [2.05, 4.69) is 5.32 Å². The number of aliphatic hydroxyl groups is 1. The van der Waals surface area contributed by atoms with Crippen molar-refractivity contribution in [2.24, 2.45) is 5.41 Å². The van der Waals surface area contributed by atoms with Crippen LogP contribution in [-0.4, -0.2) is 38.4 Å². The standard InChI is InChI=1S/C23H31NO5.ClH/c1-23(2,3)22(26)29-18-9-7-17(8-10-18)19(25)15-24-13-12-16-6-11-20(27-4)21(14-16)28-5;/h6-11,14,19,24-25H,12-13,15H2,1-5H3;1H. The summed E-state index contributed by atoms with van der Waals surface area (Å²) in [5.74, 6) is 1.60. The van der Waals surface area contributed by atoms with Gasteiger partial charge < -0.3 is 24.6 Å². The van der Waals surface area contributed by atoms with Gasteiger partial charge in [0.05, 0.1) is 25.7 Å². The summed E-state index contributed by atoms with van der Waals surface area (Å²) in [7, 11) is 3.23. The van der Waals surface area contributed by atoms with Crippen molar-refractivity contribution in [2.45, 2.75) is 33.3 Å². The molecule has 0 bridgehead atoms. The van der Waals surface area contributed by atoms with Crippen molar-refractivity contribution >= 4 is 18.4 Å². The molecule has 1 atom stereocenters. The zero-order valence-electron chi connectivity index (χ0n) is 18.2. The van der Waals surface area contributed by atoms with Crippen molar-refractivity contribution in [3.63, 3.8) is 0 Å². The fraction of sp³-hybridized carbons (Fsp3) is 0.435. The third-order valence-electron chi connectivity index (χ3n) is 4.46. The molecule has 0 saturated carbocycles. The van der Waals surface area contributed by atoms with Crippen LogP contribution in [0.3, 0.4) is 0 Å². The monoisotopic (exact) mass is 437 g/mol. The van der Waals surface area contributed by atoms with Gasteiger partial charge in [0, 0.05) is 6.54 Å². The number of rotatable bonds is 9. The minimum Gasteiger partial charge on any atom is -0.493 e. The number of benzene rings is 2. The van der Waals surface area contributed by atoms with Crippen molar-refractivity contribution in [1.82, 2.24) is 5.32 Å². The van der Waals surface area contributed by atoms with E-state index in [-0.39, 0.29) is 18.4 Å². The molecule has 0 aliphatic rings. The molecule has 0 spiro atoms. The van der Waals surface area contributed by atoms with Crippen LogP contribution in [0.2, 0.25) is 0 Å². The first-order valence-electron chi connectivity index (χ1n) is 9.66. The SMILES string of the molecule is COc1ccc(CCNCC(O)c2ccc(OC(=O)C(C)(C)C)cc2)cc1OC.Cl. The number of methoxy groups -OCH3 is 2. The van der Waals surface area contributed by atoms with Gasteiger partial charge in [-0.25, -0.2) is 0 Å². The van der Waals surface area contributed by atoms with Crippen molar-refractivity contribution < 1.29 is 24.1 Å². The molecule has 0 radical (unpaired) electrons.